The van der Waals surface area contributed by atoms with Crippen LogP contribution in [-0.2, 0) is 11.2 Å². The van der Waals surface area contributed by atoms with Crippen LogP contribution >= 0.6 is 15.9 Å². The summed E-state index contributed by atoms with van der Waals surface area (Å²) in [6, 6.07) is 13.8. The van der Waals surface area contributed by atoms with E-state index in [-0.39, 0.29) is 24.2 Å². The predicted octanol–water partition coefficient (Wildman–Crippen LogP) is 5.59. The van der Waals surface area contributed by atoms with Crippen LogP contribution in [0.3, 0.4) is 0 Å². The van der Waals surface area contributed by atoms with E-state index in [1.54, 1.807) is 0 Å². The number of para-hydroxylation sites is 1. The number of carbonyl (C=O) groups excluding carboxylic acids is 1. The fraction of sp³-hybridized carbons (Fsp3) is 0.435. The number of carbonyl (C=O) groups is 1. The van der Waals surface area contributed by atoms with Crippen LogP contribution in [0.25, 0.3) is 0 Å². The number of fused-ring (bicyclic) bond motifs is 1. The van der Waals surface area contributed by atoms with Crippen molar-refractivity contribution in [3.63, 3.8) is 0 Å². The SMILES string of the molecule is CCc1ccc(OCC(=O)N[C@H]2CC(CC)(CC)Oc3ccccc32)c(Br)c1. The van der Waals surface area contributed by atoms with Crippen molar-refractivity contribution in [1.29, 1.82) is 0 Å². The number of amides is 1. The van der Waals surface area contributed by atoms with Gasteiger partial charge in [-0.05, 0) is 59.0 Å². The van der Waals surface area contributed by atoms with Gasteiger partial charge in [-0.15, -0.1) is 0 Å². The van der Waals surface area contributed by atoms with Crippen molar-refractivity contribution in [3.8, 4) is 11.5 Å². The van der Waals surface area contributed by atoms with Gasteiger partial charge < -0.3 is 14.8 Å². The fourth-order valence-corrected chi connectivity index (χ4v) is 4.23. The quantitative estimate of drug-likeness (QED) is 0.603. The van der Waals surface area contributed by atoms with E-state index in [1.165, 1.54) is 5.56 Å². The van der Waals surface area contributed by atoms with Crippen molar-refractivity contribution in [3.05, 3.63) is 58.1 Å². The maximum absolute atomic E-state index is 12.6. The van der Waals surface area contributed by atoms with E-state index in [0.29, 0.717) is 5.75 Å². The number of halogens is 1. The van der Waals surface area contributed by atoms with Gasteiger partial charge in [0, 0.05) is 12.0 Å². The van der Waals surface area contributed by atoms with Crippen molar-refractivity contribution in [2.75, 3.05) is 6.61 Å². The molecule has 5 heteroatoms. The lowest BCUT2D eigenvalue weighted by Crippen LogP contribution is -2.45. The lowest BCUT2D eigenvalue weighted by molar-refractivity contribution is -0.124. The summed E-state index contributed by atoms with van der Waals surface area (Å²) in [5, 5.41) is 3.15. The minimum atomic E-state index is -0.244. The largest absolute Gasteiger partial charge is 0.487 e. The highest BCUT2D eigenvalue weighted by molar-refractivity contribution is 9.10. The third-order valence-electron chi connectivity index (χ3n) is 5.58. The summed E-state index contributed by atoms with van der Waals surface area (Å²) in [6.07, 6.45) is 3.52. The number of ether oxygens (including phenoxy) is 2. The molecule has 0 radical (unpaired) electrons. The maximum atomic E-state index is 12.6. The van der Waals surface area contributed by atoms with Gasteiger partial charge in [-0.1, -0.05) is 45.0 Å². The molecule has 0 saturated heterocycles. The van der Waals surface area contributed by atoms with Gasteiger partial charge in [-0.25, -0.2) is 0 Å². The summed E-state index contributed by atoms with van der Waals surface area (Å²) in [6.45, 7) is 6.36. The second kappa shape index (κ2) is 8.99. The second-order valence-electron chi connectivity index (χ2n) is 7.26. The summed E-state index contributed by atoms with van der Waals surface area (Å²) < 4.78 is 12.9. The molecule has 1 heterocycles. The Balaban J connectivity index is 1.69. The van der Waals surface area contributed by atoms with E-state index < -0.39 is 0 Å². The number of aryl methyl sites for hydroxylation is 1. The van der Waals surface area contributed by atoms with Crippen LogP contribution in [0.5, 0.6) is 11.5 Å². The second-order valence-corrected chi connectivity index (χ2v) is 8.12. The molecule has 1 atom stereocenters. The lowest BCUT2D eigenvalue weighted by Gasteiger charge is -2.41. The highest BCUT2D eigenvalue weighted by atomic mass is 79.9. The number of rotatable bonds is 7. The van der Waals surface area contributed by atoms with Crippen LogP contribution in [0.1, 0.15) is 57.2 Å². The van der Waals surface area contributed by atoms with Crippen LogP contribution in [-0.4, -0.2) is 18.1 Å². The van der Waals surface area contributed by atoms with Gasteiger partial charge in [0.15, 0.2) is 6.61 Å². The third-order valence-corrected chi connectivity index (χ3v) is 6.20. The van der Waals surface area contributed by atoms with Gasteiger partial charge in [0.2, 0.25) is 0 Å². The van der Waals surface area contributed by atoms with Gasteiger partial charge in [-0.2, -0.15) is 0 Å². The Morgan fingerprint density at radius 3 is 2.64 bits per heavy atom. The standard InChI is InChI=1S/C23H28BrNO3/c1-4-16-11-12-21(18(24)13-16)27-15-22(26)25-19-14-23(5-2,6-3)28-20-10-8-7-9-17(19)20/h7-13,19H,4-6,14-15H2,1-3H3,(H,25,26)/t19-/m0/s1. The molecule has 0 fully saturated rings. The Morgan fingerprint density at radius 1 is 1.21 bits per heavy atom. The molecule has 0 spiro atoms. The smallest absolute Gasteiger partial charge is 0.258 e. The van der Waals surface area contributed by atoms with Crippen molar-refractivity contribution in [2.45, 2.75) is 58.1 Å². The van der Waals surface area contributed by atoms with Crippen molar-refractivity contribution >= 4 is 21.8 Å². The zero-order valence-corrected chi connectivity index (χ0v) is 18.3. The highest BCUT2D eigenvalue weighted by Crippen LogP contribution is 2.42. The molecule has 0 bridgehead atoms. The molecule has 1 N–H and O–H groups in total. The summed E-state index contributed by atoms with van der Waals surface area (Å²) in [4.78, 5) is 12.6. The van der Waals surface area contributed by atoms with Crippen LogP contribution in [0.15, 0.2) is 46.9 Å². The monoisotopic (exact) mass is 445 g/mol. The van der Waals surface area contributed by atoms with Gasteiger partial charge in [-0.3, -0.25) is 4.79 Å². The highest BCUT2D eigenvalue weighted by Gasteiger charge is 2.38. The molecule has 28 heavy (non-hydrogen) atoms. The maximum Gasteiger partial charge on any atom is 0.258 e. The molecule has 2 aromatic rings. The average molecular weight is 446 g/mol. The Hall–Kier alpha value is -2.01. The van der Waals surface area contributed by atoms with Gasteiger partial charge >= 0.3 is 0 Å². The van der Waals surface area contributed by atoms with Gasteiger partial charge in [0.25, 0.3) is 5.91 Å². The Bertz CT molecular complexity index is 832. The van der Waals surface area contributed by atoms with Crippen LogP contribution in [0.2, 0.25) is 0 Å². The summed E-state index contributed by atoms with van der Waals surface area (Å²) >= 11 is 3.52. The molecule has 1 aliphatic rings. The zero-order chi connectivity index (χ0) is 20.1. The number of hydrogen-bond donors (Lipinski definition) is 1. The molecule has 3 rings (SSSR count). The lowest BCUT2D eigenvalue weighted by atomic mass is 9.83. The first-order valence-corrected chi connectivity index (χ1v) is 10.8. The number of nitrogens with one attached hydrogen (secondary N) is 1. The van der Waals surface area contributed by atoms with E-state index in [0.717, 1.165) is 41.5 Å². The summed E-state index contributed by atoms with van der Waals surface area (Å²) in [5.74, 6) is 1.41. The van der Waals surface area contributed by atoms with E-state index in [4.69, 9.17) is 9.47 Å². The summed E-state index contributed by atoms with van der Waals surface area (Å²) in [7, 11) is 0. The zero-order valence-electron chi connectivity index (χ0n) is 16.8. The molecule has 1 aliphatic heterocycles. The first-order chi connectivity index (χ1) is 13.5. The van der Waals surface area contributed by atoms with Crippen molar-refractivity contribution < 1.29 is 14.3 Å². The van der Waals surface area contributed by atoms with Crippen LogP contribution in [0.4, 0.5) is 0 Å². The normalized spacial score (nSPS) is 17.4. The van der Waals surface area contributed by atoms with Crippen molar-refractivity contribution in [2.24, 2.45) is 0 Å². The molecule has 0 saturated carbocycles. The third kappa shape index (κ3) is 4.52. The summed E-state index contributed by atoms with van der Waals surface area (Å²) in [5.41, 5.74) is 2.01. The number of benzene rings is 2. The molecular formula is C23H28BrNO3. The Labute approximate surface area is 175 Å². The van der Waals surface area contributed by atoms with Gasteiger partial charge in [0.1, 0.15) is 17.1 Å². The van der Waals surface area contributed by atoms with E-state index in [9.17, 15) is 4.79 Å². The molecule has 0 unspecified atom stereocenters. The molecule has 4 nitrogen and oxygen atoms in total. The molecule has 0 aromatic heterocycles. The molecule has 1 amide bonds. The fourth-order valence-electron chi connectivity index (χ4n) is 3.69. The Morgan fingerprint density at radius 2 is 1.96 bits per heavy atom. The Kier molecular flexibility index (Phi) is 6.65. The van der Waals surface area contributed by atoms with Gasteiger partial charge in [0.05, 0.1) is 10.5 Å². The first kappa shape index (κ1) is 20.7. The van der Waals surface area contributed by atoms with E-state index in [1.807, 2.05) is 42.5 Å². The van der Waals surface area contributed by atoms with E-state index in [2.05, 4.69) is 42.0 Å². The molecular weight excluding hydrogens is 418 g/mol. The van der Waals surface area contributed by atoms with Crippen LogP contribution < -0.4 is 14.8 Å². The number of hydrogen-bond acceptors (Lipinski definition) is 3. The average Bonchev–Trinajstić information content (AvgIpc) is 2.72. The minimum absolute atomic E-state index is 0.0190. The van der Waals surface area contributed by atoms with Crippen molar-refractivity contribution in [1.82, 2.24) is 5.32 Å². The molecule has 0 aliphatic carbocycles. The van der Waals surface area contributed by atoms with E-state index >= 15 is 0 Å². The van der Waals surface area contributed by atoms with Crippen LogP contribution in [0, 0.1) is 0 Å². The predicted molar refractivity (Wildman–Crippen MR) is 115 cm³/mol. The molecule has 2 aromatic carbocycles. The molecule has 150 valence electrons. The first-order valence-electron chi connectivity index (χ1n) is 9.98. The minimum Gasteiger partial charge on any atom is -0.487 e. The topological polar surface area (TPSA) is 47.6 Å².